The van der Waals surface area contributed by atoms with Crippen LogP contribution in [0.3, 0.4) is 0 Å². The molecule has 1 amide bonds. The van der Waals surface area contributed by atoms with Crippen molar-refractivity contribution in [1.29, 1.82) is 0 Å². The molecular formula is C17H10F7NO. The van der Waals surface area contributed by atoms with Gasteiger partial charge in [-0.25, -0.2) is 4.39 Å². The van der Waals surface area contributed by atoms with E-state index < -0.39 is 46.7 Å². The van der Waals surface area contributed by atoms with E-state index >= 15 is 0 Å². The lowest BCUT2D eigenvalue weighted by Crippen LogP contribution is -2.64. The van der Waals surface area contributed by atoms with Crippen molar-refractivity contribution in [1.82, 2.24) is 4.90 Å². The van der Waals surface area contributed by atoms with Gasteiger partial charge in [0.05, 0.1) is 11.6 Å². The predicted molar refractivity (Wildman–Crippen MR) is 77.3 cm³/mol. The number of fused-ring (bicyclic) bond motifs is 1. The van der Waals surface area contributed by atoms with Crippen molar-refractivity contribution in [2.24, 2.45) is 0 Å². The number of carbonyl (C=O) groups is 1. The molecule has 0 radical (unpaired) electrons. The van der Waals surface area contributed by atoms with Crippen LogP contribution in [0.5, 0.6) is 0 Å². The van der Waals surface area contributed by atoms with Gasteiger partial charge in [-0.3, -0.25) is 4.79 Å². The molecule has 2 heterocycles. The molecule has 2 atom stereocenters. The summed E-state index contributed by atoms with van der Waals surface area (Å²) < 4.78 is 98.0. The Hall–Kier alpha value is -2.58. The van der Waals surface area contributed by atoms with Crippen LogP contribution >= 0.6 is 0 Å². The number of benzene rings is 1. The van der Waals surface area contributed by atoms with Gasteiger partial charge in [0.15, 0.2) is 5.83 Å². The Labute approximate surface area is 142 Å². The van der Waals surface area contributed by atoms with Gasteiger partial charge in [-0.2, -0.15) is 26.3 Å². The number of hydrogen-bond donors (Lipinski definition) is 0. The number of allylic oxidation sites excluding steroid dienone is 2. The lowest BCUT2D eigenvalue weighted by Gasteiger charge is -2.49. The zero-order valence-corrected chi connectivity index (χ0v) is 12.8. The molecule has 2 nitrogen and oxygen atoms in total. The van der Waals surface area contributed by atoms with E-state index in [9.17, 15) is 35.5 Å². The zero-order valence-electron chi connectivity index (χ0n) is 12.8. The zero-order chi connectivity index (χ0) is 19.3. The molecule has 26 heavy (non-hydrogen) atoms. The fraction of sp³-hybridized carbons (Fsp3) is 0.235. The number of hydrogen-bond acceptors (Lipinski definition) is 1. The summed E-state index contributed by atoms with van der Waals surface area (Å²) in [5.41, 5.74) is -7.14. The average Bonchev–Trinajstić information content (AvgIpc) is 2.56. The summed E-state index contributed by atoms with van der Waals surface area (Å²) in [6.45, 7) is 0. The number of amides is 1. The molecule has 3 rings (SSSR count). The highest BCUT2D eigenvalue weighted by Gasteiger charge is 2.72. The second kappa shape index (κ2) is 5.72. The molecule has 0 aromatic heterocycles. The lowest BCUT2D eigenvalue weighted by molar-refractivity contribution is -0.216. The van der Waals surface area contributed by atoms with Crippen molar-refractivity contribution in [3.05, 3.63) is 71.7 Å². The number of nitrogens with zero attached hydrogens (tertiary/aromatic N) is 1. The van der Waals surface area contributed by atoms with Crippen molar-refractivity contribution < 1.29 is 35.5 Å². The molecule has 0 saturated carbocycles. The highest BCUT2D eigenvalue weighted by Crippen LogP contribution is 2.58. The number of alkyl halides is 6. The van der Waals surface area contributed by atoms with Crippen molar-refractivity contribution in [3.8, 4) is 0 Å². The first kappa shape index (κ1) is 18.2. The van der Waals surface area contributed by atoms with Crippen LogP contribution in [0.4, 0.5) is 30.7 Å². The van der Waals surface area contributed by atoms with Crippen LogP contribution in [-0.4, -0.2) is 29.2 Å². The van der Waals surface area contributed by atoms with Gasteiger partial charge < -0.3 is 4.90 Å². The van der Waals surface area contributed by atoms with Gasteiger partial charge >= 0.3 is 12.4 Å². The minimum Gasteiger partial charge on any atom is -0.305 e. The van der Waals surface area contributed by atoms with Gasteiger partial charge in [-0.1, -0.05) is 42.5 Å². The normalized spacial score (nSPS) is 26.3. The van der Waals surface area contributed by atoms with Crippen LogP contribution < -0.4 is 0 Å². The smallest absolute Gasteiger partial charge is 0.305 e. The Morgan fingerprint density at radius 1 is 0.962 bits per heavy atom. The molecule has 1 aromatic carbocycles. The topological polar surface area (TPSA) is 20.3 Å². The van der Waals surface area contributed by atoms with E-state index in [1.165, 1.54) is 6.07 Å². The van der Waals surface area contributed by atoms with Gasteiger partial charge in [0.25, 0.3) is 5.91 Å². The maximum absolute atomic E-state index is 14.4. The molecule has 1 aromatic rings. The number of rotatable bonds is 1. The first-order chi connectivity index (χ1) is 12.0. The van der Waals surface area contributed by atoms with Gasteiger partial charge in [-0.05, 0) is 11.6 Å². The van der Waals surface area contributed by atoms with Crippen LogP contribution in [0.15, 0.2) is 66.2 Å². The summed E-state index contributed by atoms with van der Waals surface area (Å²) in [6.07, 6.45) is -7.37. The van der Waals surface area contributed by atoms with Crippen LogP contribution in [0, 0.1) is 0 Å². The summed E-state index contributed by atoms with van der Waals surface area (Å²) in [4.78, 5) is 12.3. The molecule has 0 aliphatic carbocycles. The number of halogens is 7. The highest BCUT2D eigenvalue weighted by molar-refractivity contribution is 5.96. The Kier molecular flexibility index (Phi) is 4.01. The molecule has 0 bridgehead atoms. The third-order valence-electron chi connectivity index (χ3n) is 4.39. The molecule has 0 unspecified atom stereocenters. The number of carbonyl (C=O) groups excluding carboxylic acids is 1. The highest BCUT2D eigenvalue weighted by atomic mass is 19.4. The van der Waals surface area contributed by atoms with Gasteiger partial charge in [0, 0.05) is 6.20 Å². The van der Waals surface area contributed by atoms with E-state index in [1.54, 1.807) is 0 Å². The molecule has 0 spiro atoms. The standard InChI is InChI=1S/C17H10F7NO/c18-12-13(16(19,20)21)15(17(22,23)24,10-6-2-1-3-7-10)11-8-4-5-9-25(11)14(12)26/h1-9,11H/t11-,15+/m0/s1. The second-order valence-electron chi connectivity index (χ2n) is 5.74. The molecule has 0 N–H and O–H groups in total. The molecule has 9 heteroatoms. The van der Waals surface area contributed by atoms with E-state index in [4.69, 9.17) is 0 Å². The SMILES string of the molecule is O=C1C(F)=C(C(F)(F)F)[C@](c2ccccc2)(C(F)(F)F)[C@@H]2C=CC=CN12. The van der Waals surface area contributed by atoms with Crippen LogP contribution in [0.2, 0.25) is 0 Å². The Morgan fingerprint density at radius 2 is 1.58 bits per heavy atom. The minimum atomic E-state index is -5.72. The van der Waals surface area contributed by atoms with E-state index in [0.29, 0.717) is 4.90 Å². The molecule has 0 saturated heterocycles. The summed E-state index contributed by atoms with van der Waals surface area (Å²) in [6, 6.07) is 3.14. The third-order valence-corrected chi connectivity index (χ3v) is 4.39. The largest absolute Gasteiger partial charge is 0.417 e. The van der Waals surface area contributed by atoms with Gasteiger partial charge in [0.1, 0.15) is 5.41 Å². The fourth-order valence-corrected chi connectivity index (χ4v) is 3.42. The molecule has 2 aliphatic heterocycles. The minimum absolute atomic E-state index is 0.338. The first-order valence-corrected chi connectivity index (χ1v) is 7.30. The first-order valence-electron chi connectivity index (χ1n) is 7.30. The maximum Gasteiger partial charge on any atom is 0.417 e. The second-order valence-corrected chi connectivity index (χ2v) is 5.74. The lowest BCUT2D eigenvalue weighted by atomic mass is 9.64. The van der Waals surface area contributed by atoms with Crippen molar-refractivity contribution >= 4 is 5.91 Å². The Morgan fingerprint density at radius 3 is 2.12 bits per heavy atom. The van der Waals surface area contributed by atoms with Crippen LogP contribution in [-0.2, 0) is 10.2 Å². The maximum atomic E-state index is 14.4. The van der Waals surface area contributed by atoms with Crippen LogP contribution in [0.25, 0.3) is 0 Å². The summed E-state index contributed by atoms with van der Waals surface area (Å²) >= 11 is 0. The van der Waals surface area contributed by atoms with Crippen molar-refractivity contribution in [3.63, 3.8) is 0 Å². The predicted octanol–water partition coefficient (Wildman–Crippen LogP) is 4.57. The van der Waals surface area contributed by atoms with Crippen molar-refractivity contribution in [2.75, 3.05) is 0 Å². The molecule has 138 valence electrons. The van der Waals surface area contributed by atoms with Gasteiger partial charge in [0.2, 0.25) is 0 Å². The monoisotopic (exact) mass is 377 g/mol. The Bertz CT molecular complexity index is 820. The molecule has 0 fully saturated rings. The average molecular weight is 377 g/mol. The van der Waals surface area contributed by atoms with E-state index in [0.717, 1.165) is 48.7 Å². The van der Waals surface area contributed by atoms with E-state index in [1.807, 2.05) is 0 Å². The molecule has 2 aliphatic rings. The summed E-state index contributed by atoms with van der Waals surface area (Å²) in [5.74, 6) is -4.23. The fourth-order valence-electron chi connectivity index (χ4n) is 3.42. The van der Waals surface area contributed by atoms with E-state index in [-0.39, 0.29) is 0 Å². The van der Waals surface area contributed by atoms with E-state index in [2.05, 4.69) is 0 Å². The summed E-state index contributed by atoms with van der Waals surface area (Å²) in [7, 11) is 0. The molecular weight excluding hydrogens is 367 g/mol. The van der Waals surface area contributed by atoms with Gasteiger partial charge in [-0.15, -0.1) is 0 Å². The quantitative estimate of drug-likeness (QED) is 0.657. The van der Waals surface area contributed by atoms with Crippen molar-refractivity contribution in [2.45, 2.75) is 23.8 Å². The Balaban J connectivity index is 2.50. The van der Waals surface area contributed by atoms with Crippen LogP contribution in [0.1, 0.15) is 5.56 Å². The summed E-state index contributed by atoms with van der Waals surface area (Å²) in [5, 5.41) is 0. The third kappa shape index (κ3) is 2.37.